The molecular formula is C13H8F3N3O2. The first-order valence-corrected chi connectivity index (χ1v) is 5.88. The van der Waals surface area contributed by atoms with E-state index in [0.29, 0.717) is 6.92 Å². The molecule has 3 rings (SSSR count). The van der Waals surface area contributed by atoms with Gasteiger partial charge in [0.2, 0.25) is 0 Å². The molecule has 0 aliphatic rings. The molecule has 0 atom stereocenters. The average molecular weight is 295 g/mol. The van der Waals surface area contributed by atoms with Crippen molar-refractivity contribution >= 4 is 11.1 Å². The monoisotopic (exact) mass is 295 g/mol. The lowest BCUT2D eigenvalue weighted by Gasteiger charge is -2.09. The number of H-pyrrole nitrogens is 1. The van der Waals surface area contributed by atoms with Crippen LogP contribution in [0, 0.1) is 5.82 Å². The quantitative estimate of drug-likeness (QED) is 0.789. The predicted octanol–water partition coefficient (Wildman–Crippen LogP) is 2.83. The summed E-state index contributed by atoms with van der Waals surface area (Å²) in [6.07, 6.45) is 2.04. The molecular weight excluding hydrogens is 287 g/mol. The molecule has 0 fully saturated rings. The number of aromatic amines is 1. The third-order valence-corrected chi connectivity index (χ3v) is 2.91. The van der Waals surface area contributed by atoms with Gasteiger partial charge in [0.1, 0.15) is 11.2 Å². The first-order valence-electron chi connectivity index (χ1n) is 5.88. The van der Waals surface area contributed by atoms with E-state index in [-0.39, 0.29) is 22.4 Å². The Balaban J connectivity index is 2.17. The van der Waals surface area contributed by atoms with E-state index in [0.717, 1.165) is 18.5 Å². The molecule has 8 heteroatoms. The van der Waals surface area contributed by atoms with Crippen LogP contribution in [0.15, 0.2) is 33.7 Å². The molecule has 1 aromatic carbocycles. The highest BCUT2D eigenvalue weighted by molar-refractivity contribution is 5.88. The molecule has 0 spiro atoms. The summed E-state index contributed by atoms with van der Waals surface area (Å²) in [5, 5.41) is 0. The van der Waals surface area contributed by atoms with E-state index in [1.807, 2.05) is 0 Å². The largest absolute Gasteiger partial charge is 0.417 e. The van der Waals surface area contributed by atoms with Crippen LogP contribution in [-0.4, -0.2) is 15.0 Å². The molecule has 3 aromatic rings. The third kappa shape index (κ3) is 2.28. The van der Waals surface area contributed by atoms with Crippen LogP contribution in [0.1, 0.15) is 12.6 Å². The van der Waals surface area contributed by atoms with E-state index in [1.165, 1.54) is 6.07 Å². The molecule has 0 aliphatic carbocycles. The second kappa shape index (κ2) is 4.44. The van der Waals surface area contributed by atoms with Crippen LogP contribution in [0.4, 0.5) is 13.2 Å². The van der Waals surface area contributed by atoms with E-state index in [9.17, 15) is 18.0 Å². The lowest BCUT2D eigenvalue weighted by atomic mass is 10.1. The van der Waals surface area contributed by atoms with Gasteiger partial charge in [0.25, 0.3) is 5.92 Å². The Morgan fingerprint density at radius 1 is 1.24 bits per heavy atom. The number of hydrogen-bond donors (Lipinski definition) is 1. The van der Waals surface area contributed by atoms with Crippen molar-refractivity contribution in [2.24, 2.45) is 0 Å². The number of alkyl halides is 2. The highest BCUT2D eigenvalue weighted by Crippen LogP contribution is 2.29. The number of aromatic nitrogens is 3. The minimum atomic E-state index is -3.11. The maximum absolute atomic E-state index is 13.6. The Bertz CT molecular complexity index is 863. The zero-order valence-corrected chi connectivity index (χ0v) is 10.7. The van der Waals surface area contributed by atoms with Crippen molar-refractivity contribution in [2.75, 3.05) is 0 Å². The molecule has 2 heterocycles. The molecule has 0 bridgehead atoms. The Morgan fingerprint density at radius 3 is 2.62 bits per heavy atom. The summed E-state index contributed by atoms with van der Waals surface area (Å²) in [5.74, 6) is -4.59. The van der Waals surface area contributed by atoms with Gasteiger partial charge in [-0.25, -0.2) is 9.18 Å². The summed E-state index contributed by atoms with van der Waals surface area (Å²) in [6, 6.07) is 2.45. The molecule has 0 aliphatic heterocycles. The zero-order chi connectivity index (χ0) is 15.2. The van der Waals surface area contributed by atoms with Crippen molar-refractivity contribution < 1.29 is 17.6 Å². The van der Waals surface area contributed by atoms with Gasteiger partial charge < -0.3 is 4.42 Å². The Kier molecular flexibility index (Phi) is 2.82. The molecule has 21 heavy (non-hydrogen) atoms. The number of nitrogens with one attached hydrogen (secondary N) is 1. The molecule has 0 radical (unpaired) electrons. The lowest BCUT2D eigenvalue weighted by Crippen LogP contribution is -2.10. The molecule has 1 N–H and O–H groups in total. The maximum Gasteiger partial charge on any atom is 0.417 e. The zero-order valence-electron chi connectivity index (χ0n) is 10.7. The van der Waals surface area contributed by atoms with Crippen molar-refractivity contribution in [3.8, 4) is 11.3 Å². The van der Waals surface area contributed by atoms with Crippen molar-refractivity contribution in [1.82, 2.24) is 15.0 Å². The SMILES string of the molecule is CC(F)(F)c1cnc(-c2ccc(F)c3[nH]c(=O)oc23)cn1. The fourth-order valence-electron chi connectivity index (χ4n) is 1.90. The van der Waals surface area contributed by atoms with Gasteiger partial charge in [-0.2, -0.15) is 8.78 Å². The van der Waals surface area contributed by atoms with Crippen LogP contribution >= 0.6 is 0 Å². The number of benzene rings is 1. The van der Waals surface area contributed by atoms with Crippen LogP contribution in [0.5, 0.6) is 0 Å². The first-order chi connectivity index (χ1) is 9.86. The van der Waals surface area contributed by atoms with Crippen molar-refractivity contribution in [2.45, 2.75) is 12.8 Å². The summed E-state index contributed by atoms with van der Waals surface area (Å²) in [7, 11) is 0. The van der Waals surface area contributed by atoms with Gasteiger partial charge in [-0.3, -0.25) is 15.0 Å². The van der Waals surface area contributed by atoms with E-state index >= 15 is 0 Å². The fraction of sp³-hybridized carbons (Fsp3) is 0.154. The van der Waals surface area contributed by atoms with Gasteiger partial charge in [-0.05, 0) is 12.1 Å². The number of hydrogen-bond acceptors (Lipinski definition) is 4. The van der Waals surface area contributed by atoms with Gasteiger partial charge in [0.15, 0.2) is 11.4 Å². The highest BCUT2D eigenvalue weighted by Gasteiger charge is 2.26. The third-order valence-electron chi connectivity index (χ3n) is 2.91. The summed E-state index contributed by atoms with van der Waals surface area (Å²) in [6.45, 7) is 0.706. The Labute approximate surface area is 115 Å². The Morgan fingerprint density at radius 2 is 2.00 bits per heavy atom. The topological polar surface area (TPSA) is 71.8 Å². The molecule has 5 nitrogen and oxygen atoms in total. The number of fused-ring (bicyclic) bond motifs is 1. The number of rotatable bonds is 2. The van der Waals surface area contributed by atoms with Gasteiger partial charge in [-0.1, -0.05) is 0 Å². The number of oxazole rings is 1. The van der Waals surface area contributed by atoms with Gasteiger partial charge >= 0.3 is 5.76 Å². The molecule has 2 aromatic heterocycles. The Hall–Kier alpha value is -2.64. The molecule has 0 saturated carbocycles. The fourth-order valence-corrected chi connectivity index (χ4v) is 1.90. The van der Waals surface area contributed by atoms with Crippen LogP contribution in [0.25, 0.3) is 22.4 Å². The lowest BCUT2D eigenvalue weighted by molar-refractivity contribution is 0.0124. The molecule has 0 amide bonds. The first kappa shape index (κ1) is 13.3. The molecule has 0 saturated heterocycles. The summed E-state index contributed by atoms with van der Waals surface area (Å²) < 4.78 is 44.6. The van der Waals surface area contributed by atoms with Gasteiger partial charge in [0, 0.05) is 12.5 Å². The van der Waals surface area contributed by atoms with Gasteiger partial charge in [0.05, 0.1) is 18.1 Å². The van der Waals surface area contributed by atoms with Crippen molar-refractivity contribution in [3.63, 3.8) is 0 Å². The average Bonchev–Trinajstić information content (AvgIpc) is 2.81. The van der Waals surface area contributed by atoms with Crippen molar-refractivity contribution in [3.05, 3.63) is 46.6 Å². The van der Waals surface area contributed by atoms with Gasteiger partial charge in [-0.15, -0.1) is 0 Å². The highest BCUT2D eigenvalue weighted by atomic mass is 19.3. The minimum Gasteiger partial charge on any atom is -0.407 e. The summed E-state index contributed by atoms with van der Waals surface area (Å²) in [4.78, 5) is 20.9. The molecule has 108 valence electrons. The van der Waals surface area contributed by atoms with E-state index < -0.39 is 23.2 Å². The van der Waals surface area contributed by atoms with Crippen LogP contribution in [0.3, 0.4) is 0 Å². The maximum atomic E-state index is 13.6. The van der Waals surface area contributed by atoms with Crippen LogP contribution in [-0.2, 0) is 5.92 Å². The number of halogens is 3. The summed E-state index contributed by atoms with van der Waals surface area (Å²) in [5.41, 5.74) is -0.159. The standard InChI is InChI=1S/C13H8F3N3O2/c1-13(15,16)9-5-17-8(4-18-9)6-2-3-7(14)10-11(6)21-12(20)19-10/h2-5H,1H3,(H,19,20). The minimum absolute atomic E-state index is 0.0368. The normalized spacial score (nSPS) is 12.0. The van der Waals surface area contributed by atoms with E-state index in [4.69, 9.17) is 4.42 Å². The second-order valence-electron chi connectivity index (χ2n) is 4.49. The van der Waals surface area contributed by atoms with Crippen LogP contribution < -0.4 is 5.76 Å². The molecule has 0 unspecified atom stereocenters. The van der Waals surface area contributed by atoms with Crippen LogP contribution in [0.2, 0.25) is 0 Å². The smallest absolute Gasteiger partial charge is 0.407 e. The predicted molar refractivity (Wildman–Crippen MR) is 67.4 cm³/mol. The van der Waals surface area contributed by atoms with E-state index in [1.54, 1.807) is 0 Å². The summed E-state index contributed by atoms with van der Waals surface area (Å²) >= 11 is 0. The van der Waals surface area contributed by atoms with E-state index in [2.05, 4.69) is 15.0 Å². The number of nitrogens with zero attached hydrogens (tertiary/aromatic N) is 2. The second-order valence-corrected chi connectivity index (χ2v) is 4.49. The van der Waals surface area contributed by atoms with Crippen molar-refractivity contribution in [1.29, 1.82) is 0 Å².